The average Bonchev–Trinajstić information content (AvgIpc) is 1.60. The normalized spacial score (nSPS) is 15.9. The maximum absolute atomic E-state index is 13.5. The fourth-order valence-electron chi connectivity index (χ4n) is 14.5. The Labute approximate surface area is 737 Å². The molecular formula is C88H118BN15NaO13S3. The van der Waals surface area contributed by atoms with E-state index in [1.54, 1.807) is 136 Å². The van der Waals surface area contributed by atoms with Crippen molar-refractivity contribution in [2.45, 2.75) is 232 Å². The first-order valence-electron chi connectivity index (χ1n) is 38.7. The summed E-state index contributed by atoms with van der Waals surface area (Å²) >= 11 is 0. The zero-order chi connectivity index (χ0) is 83.8. The van der Waals surface area contributed by atoms with Crippen molar-refractivity contribution in [1.29, 1.82) is 0 Å². The molecule has 3 aromatic carbocycles. The quantitative estimate of drug-likeness (QED) is 0.0459. The van der Waals surface area contributed by atoms with Gasteiger partial charge in [0.1, 0.15) is 5.78 Å². The van der Waals surface area contributed by atoms with Crippen LogP contribution in [0, 0.1) is 0 Å². The van der Waals surface area contributed by atoms with Crippen LogP contribution in [0.5, 0.6) is 0 Å². The standard InChI is InChI=1S/2C26H31N5O2S.C23H22N4O3S.C4H6O4.C3H9N.C2H3BO2.4CH4.Na/c2*1-18(2)29-22-11-9-19(10-12-22)20-13-24-25(21-15-28-30(3)16-21)17-31(26(24)27-14-20)34(32,33)23-7-5-4-6-8-23;1-26-14-18(13-25-26)22-15-27(31(29,30)20-5-3-2-4-6-20)23-21(22)11-17(12-24-23)16-7-9-19(28)10-8-16;1-3(5)7-8-4(2)6;1-3(2)4;1-2(4)5-3;;;;;/h2*4-8,13-19,22,29H,9-12H2,1-3H3;2-6,11-16H,7-10H2,1H3;1-2H3;3H,4H2,1-2H3;1H3;4*1H4;/q;;;;;-1;;;;;+1. The van der Waals surface area contributed by atoms with Crippen LogP contribution in [-0.2, 0) is 84.8 Å². The summed E-state index contributed by atoms with van der Waals surface area (Å²) in [5.41, 5.74) is 14.8. The number of nitrogens with one attached hydrogen (secondary N) is 2. The number of nitrogens with zero attached hydrogens (tertiary/aromatic N) is 12. The van der Waals surface area contributed by atoms with Crippen LogP contribution < -0.4 is 45.9 Å². The number of Topliss-reactive ketones (excluding diaryl/α,β-unsaturated/α-hetero) is 1. The molecule has 9 heterocycles. The number of carbonyl (C=O) groups is 4. The molecule has 121 heavy (non-hydrogen) atoms. The molecule has 3 saturated carbocycles. The molecule has 0 atom stereocenters. The van der Waals surface area contributed by atoms with Crippen molar-refractivity contribution in [3.63, 3.8) is 0 Å². The van der Waals surface area contributed by atoms with Gasteiger partial charge >= 0.3 is 41.5 Å². The number of rotatable bonds is 16. The number of hydrogen-bond acceptors (Lipinski definition) is 22. The van der Waals surface area contributed by atoms with E-state index in [4.69, 9.17) is 15.7 Å². The largest absolute Gasteiger partial charge is 1.00 e. The molecule has 3 radical (unpaired) electrons. The summed E-state index contributed by atoms with van der Waals surface area (Å²) in [6, 6.07) is 34.1. The molecule has 3 aliphatic rings. The molecule has 645 valence electrons. The average molecular weight is 1720 g/mol. The second-order valence-electron chi connectivity index (χ2n) is 30.2. The van der Waals surface area contributed by atoms with E-state index in [1.165, 1.54) is 30.0 Å². The van der Waals surface area contributed by atoms with Crippen molar-refractivity contribution >= 4 is 94.9 Å². The molecule has 4 N–H and O–H groups in total. The maximum atomic E-state index is 13.5. The first-order valence-corrected chi connectivity index (χ1v) is 43.0. The van der Waals surface area contributed by atoms with Gasteiger partial charge in [-0.2, -0.15) is 15.3 Å². The molecule has 0 bridgehead atoms. The molecular weight excluding hydrogens is 1610 g/mol. The SMILES string of the molecule is C.C.C.C.CC(=O)OOC(C)=O.CC(C)N.CC(C)NC1CCC(c2cnc3c(c2)c(-c2cnn(C)c2)cn3S(=O)(=O)c2ccccc2)CC1.CC(C)NC1CCC(c2cnc3c(c2)c(-c2cnn(C)c2)cn3S(=O)(=O)c2ccccc2)CC1.Cn1cc(-c2cn(S(=O)(=O)c3ccccc3)c3ncc(C4CCC(=O)CC4)cc23)cn1.[B-]OC(C)=O.[Na+]. The number of aryl methyl sites for hydroxylation is 3. The van der Waals surface area contributed by atoms with E-state index in [-0.39, 0.29) is 79.9 Å². The topological polar surface area (TPSA) is 355 Å². The summed E-state index contributed by atoms with van der Waals surface area (Å²) in [7, 11) is -1.51. The van der Waals surface area contributed by atoms with Crippen LogP contribution in [0.3, 0.4) is 0 Å². The third-order valence-corrected chi connectivity index (χ3v) is 24.8. The van der Waals surface area contributed by atoms with Crippen molar-refractivity contribution in [2.24, 2.45) is 26.9 Å². The summed E-state index contributed by atoms with van der Waals surface area (Å²) < 4.78 is 93.4. The second-order valence-corrected chi connectivity index (χ2v) is 35.6. The van der Waals surface area contributed by atoms with E-state index in [9.17, 15) is 44.4 Å². The Morgan fingerprint density at radius 3 is 0.909 bits per heavy atom. The minimum Gasteiger partial charge on any atom is -0.793 e. The fourth-order valence-corrected chi connectivity index (χ4v) is 18.6. The number of carbonyl (C=O) groups excluding carboxylic acids is 4. The van der Waals surface area contributed by atoms with Gasteiger partial charge in [-0.05, 0) is 159 Å². The molecule has 15 rings (SSSR count). The molecule has 28 nitrogen and oxygen atoms in total. The zero-order valence-electron chi connectivity index (χ0n) is 68.5. The Morgan fingerprint density at radius 1 is 0.430 bits per heavy atom. The van der Waals surface area contributed by atoms with Gasteiger partial charge in [-0.15, -0.1) is 0 Å². The van der Waals surface area contributed by atoms with Gasteiger partial charge in [0, 0.05) is 184 Å². The Bertz CT molecular complexity index is 5470. The first kappa shape index (κ1) is 102. The molecule has 3 aliphatic carbocycles. The monoisotopic (exact) mass is 1720 g/mol. The van der Waals surface area contributed by atoms with Gasteiger partial charge in [-0.3, -0.25) is 23.6 Å². The van der Waals surface area contributed by atoms with E-state index in [0.717, 1.165) is 133 Å². The molecule has 0 unspecified atom stereocenters. The van der Waals surface area contributed by atoms with Crippen LogP contribution in [0.1, 0.15) is 204 Å². The van der Waals surface area contributed by atoms with Gasteiger partial charge < -0.3 is 29.1 Å². The third-order valence-electron chi connectivity index (χ3n) is 19.8. The summed E-state index contributed by atoms with van der Waals surface area (Å²) in [5.74, 6) is -0.326. The van der Waals surface area contributed by atoms with Crippen molar-refractivity contribution in [2.75, 3.05) is 0 Å². The smallest absolute Gasteiger partial charge is 0.793 e. The number of benzene rings is 3. The van der Waals surface area contributed by atoms with Crippen LogP contribution in [-0.4, -0.2) is 143 Å². The van der Waals surface area contributed by atoms with E-state index < -0.39 is 48.0 Å². The number of hydrogen-bond donors (Lipinski definition) is 3. The Hall–Kier alpha value is -9.77. The zero-order valence-corrected chi connectivity index (χ0v) is 72.9. The molecule has 0 amide bonds. The Kier molecular flexibility index (Phi) is 38.6. The first-order chi connectivity index (χ1) is 55.2. The van der Waals surface area contributed by atoms with Crippen LogP contribution in [0.2, 0.25) is 0 Å². The number of aromatic nitrogens is 12. The summed E-state index contributed by atoms with van der Waals surface area (Å²) in [6.07, 6.45) is 33.2. The van der Waals surface area contributed by atoms with E-state index in [1.807, 2.05) is 84.2 Å². The van der Waals surface area contributed by atoms with Gasteiger partial charge in [-0.1, -0.05) is 126 Å². The molecule has 0 spiro atoms. The van der Waals surface area contributed by atoms with Gasteiger partial charge in [0.2, 0.25) is 5.97 Å². The minimum atomic E-state index is -3.81. The number of fused-ring (bicyclic) bond motifs is 3. The van der Waals surface area contributed by atoms with Crippen LogP contribution >= 0.6 is 0 Å². The van der Waals surface area contributed by atoms with Crippen molar-refractivity contribution in [1.82, 2.24) is 66.8 Å². The van der Waals surface area contributed by atoms with Crippen molar-refractivity contribution in [3.05, 3.63) is 200 Å². The number of nitrogens with two attached hydrogens (primary N) is 1. The van der Waals surface area contributed by atoms with Gasteiger partial charge in [-0.25, -0.2) is 71.5 Å². The summed E-state index contributed by atoms with van der Waals surface area (Å²) in [6.45, 7) is 16.2. The minimum absolute atomic E-state index is 0. The molecule has 0 aliphatic heterocycles. The summed E-state index contributed by atoms with van der Waals surface area (Å²) in [5, 5.41) is 22.6. The predicted octanol–water partition coefficient (Wildman–Crippen LogP) is 12.9. The van der Waals surface area contributed by atoms with Gasteiger partial charge in [0.25, 0.3) is 30.1 Å². The van der Waals surface area contributed by atoms with Crippen molar-refractivity contribution in [3.8, 4) is 33.4 Å². The van der Waals surface area contributed by atoms with Gasteiger partial charge in [0.05, 0.1) is 33.3 Å². The molecule has 33 heteroatoms. The molecule has 0 saturated heterocycles. The van der Waals surface area contributed by atoms with E-state index >= 15 is 0 Å². The Morgan fingerprint density at radius 2 is 0.686 bits per heavy atom. The van der Waals surface area contributed by atoms with Crippen molar-refractivity contribution < 1.29 is 88.4 Å². The Balaban J connectivity index is 0.000000288. The van der Waals surface area contributed by atoms with E-state index in [2.05, 4.69) is 93.2 Å². The van der Waals surface area contributed by atoms with Crippen LogP contribution in [0.25, 0.3) is 66.5 Å². The van der Waals surface area contributed by atoms with Crippen LogP contribution in [0.4, 0.5) is 0 Å². The van der Waals surface area contributed by atoms with Gasteiger partial charge in [0.15, 0.2) is 16.9 Å². The predicted molar refractivity (Wildman–Crippen MR) is 473 cm³/mol. The molecule has 9 aromatic heterocycles. The number of pyridine rings is 3. The second kappa shape index (κ2) is 45.9. The fraction of sp³-hybridized carbons (Fsp3) is 0.409. The van der Waals surface area contributed by atoms with Crippen LogP contribution in [0.15, 0.2) is 198 Å². The third kappa shape index (κ3) is 26.4. The van der Waals surface area contributed by atoms with E-state index in [0.29, 0.717) is 77.6 Å². The maximum Gasteiger partial charge on any atom is 1.00 e. The summed E-state index contributed by atoms with van der Waals surface area (Å²) in [4.78, 5) is 63.1. The molecule has 3 fully saturated rings. The molecule has 12 aromatic rings. The number of ketones is 1.